The number of rotatable bonds is 3. The molecule has 1 saturated heterocycles. The predicted molar refractivity (Wildman–Crippen MR) is 82.2 cm³/mol. The van der Waals surface area contributed by atoms with Crippen LogP contribution in [0.4, 0.5) is 9.18 Å². The van der Waals surface area contributed by atoms with Crippen molar-refractivity contribution in [3.8, 4) is 0 Å². The van der Waals surface area contributed by atoms with Crippen LogP contribution in [0.25, 0.3) is 0 Å². The van der Waals surface area contributed by atoms with E-state index >= 15 is 0 Å². The average molecular weight is 306 g/mol. The Kier molecular flexibility index (Phi) is 4.93. The van der Waals surface area contributed by atoms with Gasteiger partial charge in [-0.05, 0) is 42.9 Å². The summed E-state index contributed by atoms with van der Waals surface area (Å²) in [7, 11) is 0. The highest BCUT2D eigenvalue weighted by Gasteiger charge is 2.30. The number of ether oxygens (including phenoxy) is 1. The van der Waals surface area contributed by atoms with Gasteiger partial charge >= 0.3 is 6.03 Å². The fraction of sp³-hybridized carbons (Fsp3) is 0.588. The summed E-state index contributed by atoms with van der Waals surface area (Å²) in [6.07, 6.45) is 4.18. The molecule has 1 aliphatic carbocycles. The topological polar surface area (TPSA) is 41.6 Å². The third kappa shape index (κ3) is 3.77. The van der Waals surface area contributed by atoms with Gasteiger partial charge in [0.25, 0.3) is 0 Å². The van der Waals surface area contributed by atoms with E-state index in [4.69, 9.17) is 4.74 Å². The number of benzene rings is 1. The van der Waals surface area contributed by atoms with Crippen LogP contribution in [0.15, 0.2) is 24.3 Å². The zero-order valence-corrected chi connectivity index (χ0v) is 12.8. The maximum Gasteiger partial charge on any atom is 0.317 e. The van der Waals surface area contributed by atoms with Crippen LogP contribution >= 0.6 is 0 Å². The van der Waals surface area contributed by atoms with E-state index in [9.17, 15) is 9.18 Å². The third-order valence-electron chi connectivity index (χ3n) is 4.68. The van der Waals surface area contributed by atoms with Crippen molar-refractivity contribution in [3.63, 3.8) is 0 Å². The fourth-order valence-electron chi connectivity index (χ4n) is 3.41. The Bertz CT molecular complexity index is 500. The molecule has 0 spiro atoms. The van der Waals surface area contributed by atoms with E-state index in [0.717, 1.165) is 31.2 Å². The Labute approximate surface area is 130 Å². The number of carbonyl (C=O) groups excluding carboxylic acids is 1. The lowest BCUT2D eigenvalue weighted by Crippen LogP contribution is -2.50. The van der Waals surface area contributed by atoms with Crippen molar-refractivity contribution in [2.75, 3.05) is 26.3 Å². The highest BCUT2D eigenvalue weighted by molar-refractivity contribution is 5.74. The van der Waals surface area contributed by atoms with Crippen LogP contribution < -0.4 is 5.32 Å². The monoisotopic (exact) mass is 306 g/mol. The molecule has 3 rings (SSSR count). The van der Waals surface area contributed by atoms with Crippen molar-refractivity contribution in [2.45, 2.75) is 31.7 Å². The zero-order chi connectivity index (χ0) is 15.4. The normalized spacial score (nSPS) is 25.2. The Morgan fingerprint density at radius 3 is 2.68 bits per heavy atom. The largest absolute Gasteiger partial charge is 0.378 e. The molecule has 22 heavy (non-hydrogen) atoms. The molecule has 2 fully saturated rings. The van der Waals surface area contributed by atoms with Crippen LogP contribution in [-0.2, 0) is 11.2 Å². The second-order valence-corrected chi connectivity index (χ2v) is 6.18. The number of hydrogen-bond acceptors (Lipinski definition) is 2. The number of hydrogen-bond donors (Lipinski definition) is 1. The second-order valence-electron chi connectivity index (χ2n) is 6.18. The molecule has 0 radical (unpaired) electrons. The van der Waals surface area contributed by atoms with Gasteiger partial charge in [-0.1, -0.05) is 18.6 Å². The number of halogens is 1. The molecule has 1 aromatic rings. The van der Waals surface area contributed by atoms with Gasteiger partial charge in [0.05, 0.1) is 13.2 Å². The first-order chi connectivity index (χ1) is 10.7. The molecule has 2 atom stereocenters. The van der Waals surface area contributed by atoms with Crippen LogP contribution in [0.3, 0.4) is 0 Å². The van der Waals surface area contributed by atoms with Crippen LogP contribution in [-0.4, -0.2) is 43.3 Å². The molecule has 2 amide bonds. The summed E-state index contributed by atoms with van der Waals surface area (Å²) in [5, 5.41) is 3.19. The first-order valence-electron chi connectivity index (χ1n) is 8.10. The fourth-order valence-corrected chi connectivity index (χ4v) is 3.41. The third-order valence-corrected chi connectivity index (χ3v) is 4.68. The molecular weight excluding hydrogens is 283 g/mol. The number of morpholine rings is 1. The van der Waals surface area contributed by atoms with Gasteiger partial charge in [-0.15, -0.1) is 0 Å². The SMILES string of the molecule is O=C(N[C@H]1CCC[C@H]1Cc1ccc(F)cc1)N1CCOCC1. The number of amides is 2. The minimum Gasteiger partial charge on any atom is -0.378 e. The van der Waals surface area contributed by atoms with Crippen LogP contribution in [0.2, 0.25) is 0 Å². The molecule has 1 aliphatic heterocycles. The van der Waals surface area contributed by atoms with Crippen LogP contribution in [0.5, 0.6) is 0 Å². The van der Waals surface area contributed by atoms with Gasteiger partial charge in [0.2, 0.25) is 0 Å². The van der Waals surface area contributed by atoms with E-state index in [1.807, 2.05) is 17.0 Å². The number of urea groups is 1. The van der Waals surface area contributed by atoms with Gasteiger partial charge in [0.15, 0.2) is 0 Å². The maximum atomic E-state index is 13.0. The van der Waals surface area contributed by atoms with Crippen LogP contribution in [0.1, 0.15) is 24.8 Å². The molecule has 0 aromatic heterocycles. The van der Waals surface area contributed by atoms with Gasteiger partial charge in [0, 0.05) is 19.1 Å². The summed E-state index contributed by atoms with van der Waals surface area (Å²) < 4.78 is 18.3. The molecule has 1 heterocycles. The smallest absolute Gasteiger partial charge is 0.317 e. The Morgan fingerprint density at radius 2 is 1.95 bits per heavy atom. The van der Waals surface area contributed by atoms with Gasteiger partial charge < -0.3 is 15.0 Å². The molecule has 1 aromatic carbocycles. The number of nitrogens with one attached hydrogen (secondary N) is 1. The van der Waals surface area contributed by atoms with Crippen molar-refractivity contribution in [3.05, 3.63) is 35.6 Å². The van der Waals surface area contributed by atoms with Crippen molar-refractivity contribution in [2.24, 2.45) is 5.92 Å². The Balaban J connectivity index is 1.55. The molecule has 5 heteroatoms. The van der Waals surface area contributed by atoms with Gasteiger partial charge in [-0.2, -0.15) is 0 Å². The quantitative estimate of drug-likeness (QED) is 0.932. The van der Waals surface area contributed by atoms with Gasteiger partial charge in [-0.25, -0.2) is 9.18 Å². The highest BCUT2D eigenvalue weighted by Crippen LogP contribution is 2.29. The summed E-state index contributed by atoms with van der Waals surface area (Å²) in [5.41, 5.74) is 1.14. The molecule has 1 N–H and O–H groups in total. The second kappa shape index (κ2) is 7.09. The van der Waals surface area contributed by atoms with E-state index < -0.39 is 0 Å². The molecule has 2 aliphatic rings. The van der Waals surface area contributed by atoms with Crippen molar-refractivity contribution < 1.29 is 13.9 Å². The van der Waals surface area contributed by atoms with Gasteiger partial charge in [-0.3, -0.25) is 0 Å². The van der Waals surface area contributed by atoms with E-state index in [2.05, 4.69) is 5.32 Å². The van der Waals surface area contributed by atoms with Crippen molar-refractivity contribution in [1.29, 1.82) is 0 Å². The van der Waals surface area contributed by atoms with Crippen LogP contribution in [0, 0.1) is 11.7 Å². The first kappa shape index (κ1) is 15.3. The maximum absolute atomic E-state index is 13.0. The van der Waals surface area contributed by atoms with E-state index in [1.165, 1.54) is 12.1 Å². The lowest BCUT2D eigenvalue weighted by molar-refractivity contribution is 0.0521. The average Bonchev–Trinajstić information content (AvgIpc) is 2.97. The molecule has 120 valence electrons. The molecular formula is C17H23FN2O2. The molecule has 4 nitrogen and oxygen atoms in total. The molecule has 0 bridgehead atoms. The summed E-state index contributed by atoms with van der Waals surface area (Å²) in [5.74, 6) is 0.239. The van der Waals surface area contributed by atoms with Gasteiger partial charge in [0.1, 0.15) is 5.82 Å². The van der Waals surface area contributed by atoms with E-state index in [1.54, 1.807) is 0 Å². The summed E-state index contributed by atoms with van der Waals surface area (Å²) >= 11 is 0. The lowest BCUT2D eigenvalue weighted by Gasteiger charge is -2.30. The Morgan fingerprint density at radius 1 is 1.23 bits per heavy atom. The summed E-state index contributed by atoms with van der Waals surface area (Å²) in [6.45, 7) is 2.58. The number of nitrogens with zero attached hydrogens (tertiary/aromatic N) is 1. The number of carbonyl (C=O) groups is 1. The van der Waals surface area contributed by atoms with E-state index in [-0.39, 0.29) is 17.9 Å². The minimum absolute atomic E-state index is 0.0271. The molecule has 0 unspecified atom stereocenters. The summed E-state index contributed by atoms with van der Waals surface area (Å²) in [4.78, 5) is 14.1. The first-order valence-corrected chi connectivity index (χ1v) is 8.10. The summed E-state index contributed by atoms with van der Waals surface area (Å²) in [6, 6.07) is 6.94. The Hall–Kier alpha value is -1.62. The van der Waals surface area contributed by atoms with Crippen molar-refractivity contribution in [1.82, 2.24) is 10.2 Å². The van der Waals surface area contributed by atoms with Crippen molar-refractivity contribution >= 4 is 6.03 Å². The highest BCUT2D eigenvalue weighted by atomic mass is 19.1. The standard InChI is InChI=1S/C17H23FN2O2/c18-15-6-4-13(5-7-15)12-14-2-1-3-16(14)19-17(21)20-8-10-22-11-9-20/h4-7,14,16H,1-3,8-12H2,(H,19,21)/t14-,16-/m0/s1. The predicted octanol–water partition coefficient (Wildman–Crippen LogP) is 2.58. The van der Waals surface area contributed by atoms with E-state index in [0.29, 0.717) is 32.2 Å². The lowest BCUT2D eigenvalue weighted by atomic mass is 9.94. The minimum atomic E-state index is -0.202. The molecule has 1 saturated carbocycles. The zero-order valence-electron chi connectivity index (χ0n) is 12.8.